The van der Waals surface area contributed by atoms with Crippen molar-refractivity contribution in [2.75, 3.05) is 19.6 Å². The van der Waals surface area contributed by atoms with E-state index >= 15 is 0 Å². The van der Waals surface area contributed by atoms with Crippen LogP contribution < -0.4 is 5.73 Å². The summed E-state index contributed by atoms with van der Waals surface area (Å²) < 4.78 is 0. The van der Waals surface area contributed by atoms with Crippen molar-refractivity contribution in [3.63, 3.8) is 0 Å². The van der Waals surface area contributed by atoms with Crippen LogP contribution in [0.1, 0.15) is 19.3 Å². The Kier molecular flexibility index (Phi) is 2.35. The molecule has 3 nitrogen and oxygen atoms in total. The molecule has 2 atom stereocenters. The van der Waals surface area contributed by atoms with E-state index in [4.69, 9.17) is 5.73 Å². The zero-order chi connectivity index (χ0) is 10.2. The number of hydrogen-bond donors (Lipinski definition) is 1. The van der Waals surface area contributed by atoms with Gasteiger partial charge in [-0.3, -0.25) is 4.79 Å². The van der Waals surface area contributed by atoms with E-state index in [0.29, 0.717) is 5.92 Å². The Hall–Kier alpha value is -0.830. The molecular formula is C11H18N2O. The van der Waals surface area contributed by atoms with Gasteiger partial charge in [0.2, 0.25) is 5.91 Å². The fourth-order valence-electron chi connectivity index (χ4n) is 3.04. The van der Waals surface area contributed by atoms with E-state index in [2.05, 4.69) is 6.58 Å². The van der Waals surface area contributed by atoms with Crippen molar-refractivity contribution in [1.82, 2.24) is 4.90 Å². The molecule has 2 aliphatic rings. The molecule has 0 unspecified atom stereocenters. The second-order valence-corrected chi connectivity index (χ2v) is 4.58. The minimum absolute atomic E-state index is 0.0622. The van der Waals surface area contributed by atoms with Crippen LogP contribution in [-0.2, 0) is 4.79 Å². The molecule has 0 spiro atoms. The Labute approximate surface area is 84.9 Å². The molecule has 1 saturated carbocycles. The summed E-state index contributed by atoms with van der Waals surface area (Å²) in [6.45, 7) is 5.98. The lowest BCUT2D eigenvalue weighted by atomic mass is 9.81. The second kappa shape index (κ2) is 3.39. The zero-order valence-corrected chi connectivity index (χ0v) is 8.54. The van der Waals surface area contributed by atoms with Gasteiger partial charge in [0.1, 0.15) is 0 Å². The first-order chi connectivity index (χ1) is 6.72. The molecular weight excluding hydrogens is 176 g/mol. The largest absolute Gasteiger partial charge is 0.338 e. The number of amides is 1. The highest BCUT2D eigenvalue weighted by molar-refractivity contribution is 5.87. The van der Waals surface area contributed by atoms with E-state index in [1.165, 1.54) is 25.3 Å². The lowest BCUT2D eigenvalue weighted by molar-refractivity contribution is -0.125. The third-order valence-electron chi connectivity index (χ3n) is 3.93. The Balaban J connectivity index is 2.12. The van der Waals surface area contributed by atoms with Gasteiger partial charge in [-0.05, 0) is 31.4 Å². The van der Waals surface area contributed by atoms with E-state index in [0.717, 1.165) is 19.6 Å². The van der Waals surface area contributed by atoms with Gasteiger partial charge in [0.05, 0.1) is 0 Å². The molecule has 2 rings (SSSR count). The first kappa shape index (κ1) is 9.71. The number of hydrogen-bond acceptors (Lipinski definition) is 2. The maximum absolute atomic E-state index is 11.5. The summed E-state index contributed by atoms with van der Waals surface area (Å²) in [6.07, 6.45) is 5.11. The number of nitrogens with two attached hydrogens (primary N) is 1. The van der Waals surface area contributed by atoms with Crippen molar-refractivity contribution in [2.24, 2.45) is 17.1 Å². The molecule has 78 valence electrons. The van der Waals surface area contributed by atoms with Crippen LogP contribution in [-0.4, -0.2) is 30.4 Å². The van der Waals surface area contributed by atoms with Crippen LogP contribution in [0, 0.1) is 11.3 Å². The molecule has 2 N–H and O–H groups in total. The summed E-state index contributed by atoms with van der Waals surface area (Å²) in [4.78, 5) is 13.4. The zero-order valence-electron chi connectivity index (χ0n) is 8.54. The predicted octanol–water partition coefficient (Wildman–Crippen LogP) is 0.760. The molecule has 0 aromatic carbocycles. The van der Waals surface area contributed by atoms with E-state index in [9.17, 15) is 4.79 Å². The summed E-state index contributed by atoms with van der Waals surface area (Å²) in [5, 5.41) is 0. The summed E-state index contributed by atoms with van der Waals surface area (Å²) in [6, 6.07) is 0. The van der Waals surface area contributed by atoms with Crippen LogP contribution in [0.2, 0.25) is 0 Å². The number of rotatable bonds is 2. The highest BCUT2D eigenvalue weighted by Gasteiger charge is 2.49. The molecule has 0 aromatic rings. The molecule has 3 heteroatoms. The Morgan fingerprint density at radius 3 is 3.07 bits per heavy atom. The lowest BCUT2D eigenvalue weighted by Crippen LogP contribution is -2.36. The topological polar surface area (TPSA) is 46.3 Å². The van der Waals surface area contributed by atoms with Crippen LogP contribution in [0.4, 0.5) is 0 Å². The number of carbonyl (C=O) groups excluding carboxylic acids is 1. The molecule has 1 saturated heterocycles. The fraction of sp³-hybridized carbons (Fsp3) is 0.727. The van der Waals surface area contributed by atoms with Gasteiger partial charge < -0.3 is 10.6 Å². The van der Waals surface area contributed by atoms with Crippen molar-refractivity contribution in [3.8, 4) is 0 Å². The number of likely N-dealkylation sites (tertiary alicyclic amines) is 1. The van der Waals surface area contributed by atoms with Crippen LogP contribution in [0.15, 0.2) is 12.7 Å². The number of carbonyl (C=O) groups is 1. The molecule has 0 aromatic heterocycles. The third-order valence-corrected chi connectivity index (χ3v) is 3.93. The van der Waals surface area contributed by atoms with Crippen molar-refractivity contribution >= 4 is 5.91 Å². The highest BCUT2D eigenvalue weighted by atomic mass is 16.2. The molecule has 1 aliphatic carbocycles. The van der Waals surface area contributed by atoms with Crippen LogP contribution >= 0.6 is 0 Å². The first-order valence-electron chi connectivity index (χ1n) is 5.33. The number of fused-ring (bicyclic) bond motifs is 1. The molecule has 1 heterocycles. The molecule has 14 heavy (non-hydrogen) atoms. The predicted molar refractivity (Wildman–Crippen MR) is 55.6 cm³/mol. The lowest BCUT2D eigenvalue weighted by Gasteiger charge is -2.26. The first-order valence-corrected chi connectivity index (χ1v) is 5.33. The van der Waals surface area contributed by atoms with Gasteiger partial charge in [-0.15, -0.1) is 0 Å². The smallest absolute Gasteiger partial charge is 0.245 e. The van der Waals surface area contributed by atoms with E-state index < -0.39 is 0 Å². The molecule has 2 fully saturated rings. The maximum Gasteiger partial charge on any atom is 0.245 e. The SMILES string of the molecule is C=CC(=O)N1C[C@@H]2CCC[C@]2(CN)C1. The van der Waals surface area contributed by atoms with E-state index in [-0.39, 0.29) is 11.3 Å². The summed E-state index contributed by atoms with van der Waals surface area (Å²) in [5.41, 5.74) is 6.08. The number of nitrogens with zero attached hydrogens (tertiary/aromatic N) is 1. The Bertz CT molecular complexity index is 264. The fourth-order valence-corrected chi connectivity index (χ4v) is 3.04. The minimum Gasteiger partial charge on any atom is -0.338 e. The summed E-state index contributed by atoms with van der Waals surface area (Å²) in [7, 11) is 0. The van der Waals surface area contributed by atoms with Crippen molar-refractivity contribution in [2.45, 2.75) is 19.3 Å². The van der Waals surface area contributed by atoms with Crippen LogP contribution in [0.25, 0.3) is 0 Å². The highest BCUT2D eigenvalue weighted by Crippen LogP contribution is 2.47. The molecule has 1 aliphatic heterocycles. The summed E-state index contributed by atoms with van der Waals surface area (Å²) in [5.74, 6) is 0.698. The van der Waals surface area contributed by atoms with Gasteiger partial charge in [0.15, 0.2) is 0 Å². The Morgan fingerprint density at radius 1 is 1.71 bits per heavy atom. The average Bonchev–Trinajstić information content (AvgIpc) is 2.72. The quantitative estimate of drug-likeness (QED) is 0.660. The van der Waals surface area contributed by atoms with Gasteiger partial charge in [-0.2, -0.15) is 0 Å². The van der Waals surface area contributed by atoms with E-state index in [1.807, 2.05) is 4.90 Å². The third kappa shape index (κ3) is 1.27. The van der Waals surface area contributed by atoms with Gasteiger partial charge in [-0.1, -0.05) is 13.0 Å². The van der Waals surface area contributed by atoms with Crippen molar-refractivity contribution < 1.29 is 4.79 Å². The maximum atomic E-state index is 11.5. The van der Waals surface area contributed by atoms with Crippen LogP contribution in [0.3, 0.4) is 0 Å². The average molecular weight is 194 g/mol. The van der Waals surface area contributed by atoms with E-state index in [1.54, 1.807) is 0 Å². The monoisotopic (exact) mass is 194 g/mol. The van der Waals surface area contributed by atoms with Gasteiger partial charge in [-0.25, -0.2) is 0 Å². The normalized spacial score (nSPS) is 35.8. The van der Waals surface area contributed by atoms with Gasteiger partial charge in [0.25, 0.3) is 0 Å². The minimum atomic E-state index is 0.0622. The van der Waals surface area contributed by atoms with Gasteiger partial charge >= 0.3 is 0 Å². The van der Waals surface area contributed by atoms with Gasteiger partial charge in [0, 0.05) is 18.5 Å². The van der Waals surface area contributed by atoms with Crippen LogP contribution in [0.5, 0.6) is 0 Å². The van der Waals surface area contributed by atoms with Crippen molar-refractivity contribution in [3.05, 3.63) is 12.7 Å². The van der Waals surface area contributed by atoms with Crippen molar-refractivity contribution in [1.29, 1.82) is 0 Å². The Morgan fingerprint density at radius 2 is 2.50 bits per heavy atom. The standard InChI is InChI=1S/C11H18N2O/c1-2-10(14)13-6-9-4-3-5-11(9,7-12)8-13/h2,9H,1,3-8,12H2/t9-,11-/m0/s1. The second-order valence-electron chi connectivity index (χ2n) is 4.58. The molecule has 0 bridgehead atoms. The molecule has 1 amide bonds. The summed E-state index contributed by atoms with van der Waals surface area (Å²) >= 11 is 0. The molecule has 0 radical (unpaired) electrons.